The number of carbonyl (C=O) groups is 2. The van der Waals surface area contributed by atoms with Crippen LogP contribution in [0, 0.1) is 5.92 Å². The van der Waals surface area contributed by atoms with Crippen LogP contribution in [0.2, 0.25) is 0 Å². The standard InChI is InChI=1S/C12H19N3O5S/c1-8(2)6-14-11(16)3-4-15-21(19,20)9-5-10(12(17)18)13-7-9/h5,7-8,13,15H,3-4,6H2,1-2H3,(H,14,16)(H,17,18). The summed E-state index contributed by atoms with van der Waals surface area (Å²) in [6.07, 6.45) is 1.10. The summed E-state index contributed by atoms with van der Waals surface area (Å²) in [5.74, 6) is -1.17. The van der Waals surface area contributed by atoms with Crippen molar-refractivity contribution in [2.24, 2.45) is 5.92 Å². The van der Waals surface area contributed by atoms with Crippen LogP contribution < -0.4 is 10.0 Å². The Morgan fingerprint density at radius 1 is 1.38 bits per heavy atom. The predicted octanol–water partition coefficient (Wildman–Crippen LogP) is 0.154. The van der Waals surface area contributed by atoms with Gasteiger partial charge in [0.15, 0.2) is 0 Å². The monoisotopic (exact) mass is 317 g/mol. The molecule has 0 aliphatic heterocycles. The number of hydrogen-bond donors (Lipinski definition) is 4. The highest BCUT2D eigenvalue weighted by atomic mass is 32.2. The van der Waals surface area contributed by atoms with E-state index in [4.69, 9.17) is 5.11 Å². The number of sulfonamides is 1. The van der Waals surface area contributed by atoms with Crippen LogP contribution in [0.4, 0.5) is 0 Å². The molecule has 0 aromatic carbocycles. The molecule has 118 valence electrons. The maximum absolute atomic E-state index is 11.9. The lowest BCUT2D eigenvalue weighted by atomic mass is 10.2. The molecule has 0 unspecified atom stereocenters. The third-order valence-electron chi connectivity index (χ3n) is 2.55. The molecule has 9 heteroatoms. The van der Waals surface area contributed by atoms with Crippen LogP contribution in [0.15, 0.2) is 17.2 Å². The second-order valence-corrected chi connectivity index (χ2v) is 6.67. The lowest BCUT2D eigenvalue weighted by Gasteiger charge is -2.08. The van der Waals surface area contributed by atoms with Gasteiger partial charge in [-0.15, -0.1) is 0 Å². The van der Waals surface area contributed by atoms with E-state index in [-0.39, 0.29) is 29.5 Å². The summed E-state index contributed by atoms with van der Waals surface area (Å²) >= 11 is 0. The molecule has 0 aliphatic rings. The van der Waals surface area contributed by atoms with Gasteiger partial charge in [-0.2, -0.15) is 0 Å². The van der Waals surface area contributed by atoms with Gasteiger partial charge in [-0.3, -0.25) is 4.79 Å². The number of nitrogens with one attached hydrogen (secondary N) is 3. The highest BCUT2D eigenvalue weighted by molar-refractivity contribution is 7.89. The Morgan fingerprint density at radius 2 is 2.05 bits per heavy atom. The van der Waals surface area contributed by atoms with Crippen LogP contribution >= 0.6 is 0 Å². The van der Waals surface area contributed by atoms with E-state index in [0.29, 0.717) is 12.5 Å². The molecule has 1 heterocycles. The lowest BCUT2D eigenvalue weighted by molar-refractivity contribution is -0.121. The van der Waals surface area contributed by atoms with Crippen LogP contribution in [0.5, 0.6) is 0 Å². The molecule has 1 aromatic heterocycles. The Hall–Kier alpha value is -1.87. The van der Waals surface area contributed by atoms with Crippen molar-refractivity contribution in [1.82, 2.24) is 15.0 Å². The van der Waals surface area contributed by atoms with Gasteiger partial charge < -0.3 is 15.4 Å². The van der Waals surface area contributed by atoms with E-state index in [1.54, 1.807) is 0 Å². The number of carboxylic acids is 1. The highest BCUT2D eigenvalue weighted by Gasteiger charge is 2.18. The first-order valence-corrected chi connectivity index (χ1v) is 7.88. The number of hydrogen-bond acceptors (Lipinski definition) is 4. The molecule has 0 radical (unpaired) electrons. The maximum atomic E-state index is 11.9. The van der Waals surface area contributed by atoms with Crippen molar-refractivity contribution in [2.75, 3.05) is 13.1 Å². The summed E-state index contributed by atoms with van der Waals surface area (Å²) in [6.45, 7) is 4.38. The molecule has 8 nitrogen and oxygen atoms in total. The molecule has 0 atom stereocenters. The molecule has 0 bridgehead atoms. The molecule has 0 saturated heterocycles. The van der Waals surface area contributed by atoms with Crippen LogP contribution in [0.1, 0.15) is 30.8 Å². The number of carbonyl (C=O) groups excluding carboxylic acids is 1. The Morgan fingerprint density at radius 3 is 2.57 bits per heavy atom. The number of aromatic carboxylic acids is 1. The third kappa shape index (κ3) is 5.56. The van der Waals surface area contributed by atoms with E-state index in [9.17, 15) is 18.0 Å². The number of carboxylic acid groups (broad SMARTS) is 1. The van der Waals surface area contributed by atoms with E-state index in [2.05, 4.69) is 15.0 Å². The molecule has 0 fully saturated rings. The fraction of sp³-hybridized carbons (Fsp3) is 0.500. The van der Waals surface area contributed by atoms with E-state index >= 15 is 0 Å². The van der Waals surface area contributed by atoms with Gasteiger partial charge in [0.2, 0.25) is 15.9 Å². The van der Waals surface area contributed by atoms with Crippen molar-refractivity contribution in [3.8, 4) is 0 Å². The quantitative estimate of drug-likeness (QED) is 0.542. The zero-order valence-electron chi connectivity index (χ0n) is 11.8. The number of rotatable bonds is 8. The number of aromatic nitrogens is 1. The van der Waals surface area contributed by atoms with Crippen molar-refractivity contribution >= 4 is 21.9 Å². The fourth-order valence-electron chi connectivity index (χ4n) is 1.44. The first-order chi connectivity index (χ1) is 9.72. The molecule has 0 aliphatic carbocycles. The summed E-state index contributed by atoms with van der Waals surface area (Å²) in [5.41, 5.74) is -0.218. The van der Waals surface area contributed by atoms with Crippen LogP contribution in [-0.2, 0) is 14.8 Å². The molecule has 1 aromatic rings. The van der Waals surface area contributed by atoms with Gasteiger partial charge in [-0.25, -0.2) is 17.9 Å². The SMILES string of the molecule is CC(C)CNC(=O)CCNS(=O)(=O)c1c[nH]c(C(=O)O)c1. The molecule has 1 amide bonds. The van der Waals surface area contributed by atoms with Crippen LogP contribution in [0.25, 0.3) is 0 Å². The zero-order valence-corrected chi connectivity index (χ0v) is 12.7. The molecule has 21 heavy (non-hydrogen) atoms. The average molecular weight is 317 g/mol. The predicted molar refractivity (Wildman–Crippen MR) is 75.4 cm³/mol. The average Bonchev–Trinajstić information content (AvgIpc) is 2.86. The third-order valence-corrected chi connectivity index (χ3v) is 3.99. The van der Waals surface area contributed by atoms with Gasteiger partial charge in [0.25, 0.3) is 0 Å². The summed E-state index contributed by atoms with van der Waals surface area (Å²) in [5, 5.41) is 11.4. The van der Waals surface area contributed by atoms with Crippen molar-refractivity contribution in [2.45, 2.75) is 25.2 Å². The zero-order chi connectivity index (χ0) is 16.0. The van der Waals surface area contributed by atoms with E-state index < -0.39 is 16.0 Å². The highest BCUT2D eigenvalue weighted by Crippen LogP contribution is 2.10. The van der Waals surface area contributed by atoms with Crippen molar-refractivity contribution in [3.05, 3.63) is 18.0 Å². The Kier molecular flexibility index (Phi) is 5.91. The van der Waals surface area contributed by atoms with Gasteiger partial charge in [-0.1, -0.05) is 13.8 Å². The smallest absolute Gasteiger partial charge is 0.352 e. The fourth-order valence-corrected chi connectivity index (χ4v) is 2.47. The van der Waals surface area contributed by atoms with Crippen LogP contribution in [0.3, 0.4) is 0 Å². The van der Waals surface area contributed by atoms with Crippen LogP contribution in [-0.4, -0.2) is 43.5 Å². The molecule has 4 N–H and O–H groups in total. The van der Waals surface area contributed by atoms with E-state index in [1.807, 2.05) is 13.8 Å². The Balaban J connectivity index is 2.49. The normalized spacial score (nSPS) is 11.6. The molecular formula is C12H19N3O5S. The summed E-state index contributed by atoms with van der Waals surface area (Å²) < 4.78 is 26.0. The summed E-state index contributed by atoms with van der Waals surface area (Å²) in [7, 11) is -3.82. The van der Waals surface area contributed by atoms with Gasteiger partial charge in [0, 0.05) is 25.7 Å². The summed E-state index contributed by atoms with van der Waals surface area (Å²) in [4.78, 5) is 24.3. The number of amides is 1. The van der Waals surface area contributed by atoms with Gasteiger partial charge >= 0.3 is 5.97 Å². The second-order valence-electron chi connectivity index (χ2n) is 4.90. The summed E-state index contributed by atoms with van der Waals surface area (Å²) in [6, 6.07) is 1.02. The Labute approximate surface area is 123 Å². The minimum atomic E-state index is -3.82. The minimum absolute atomic E-state index is 0.0160. The maximum Gasteiger partial charge on any atom is 0.352 e. The second kappa shape index (κ2) is 7.23. The van der Waals surface area contributed by atoms with Gasteiger partial charge in [0.1, 0.15) is 10.6 Å². The lowest BCUT2D eigenvalue weighted by Crippen LogP contribution is -2.32. The largest absolute Gasteiger partial charge is 0.477 e. The number of aromatic amines is 1. The van der Waals surface area contributed by atoms with Crippen molar-refractivity contribution in [1.29, 1.82) is 0 Å². The molecular weight excluding hydrogens is 298 g/mol. The minimum Gasteiger partial charge on any atom is -0.477 e. The molecule has 0 saturated carbocycles. The molecule has 0 spiro atoms. The first-order valence-electron chi connectivity index (χ1n) is 6.40. The number of H-pyrrole nitrogens is 1. The van der Waals surface area contributed by atoms with E-state index in [0.717, 1.165) is 12.3 Å². The van der Waals surface area contributed by atoms with Gasteiger partial charge in [0.05, 0.1) is 0 Å². The van der Waals surface area contributed by atoms with Crippen molar-refractivity contribution < 1.29 is 23.1 Å². The topological polar surface area (TPSA) is 128 Å². The van der Waals surface area contributed by atoms with Gasteiger partial charge in [-0.05, 0) is 12.0 Å². The molecule has 1 rings (SSSR count). The van der Waals surface area contributed by atoms with E-state index in [1.165, 1.54) is 0 Å². The van der Waals surface area contributed by atoms with Crippen molar-refractivity contribution in [3.63, 3.8) is 0 Å². The Bertz CT molecular complexity index is 606. The first kappa shape index (κ1) is 17.2.